The highest BCUT2D eigenvalue weighted by Gasteiger charge is 2.26. The summed E-state index contributed by atoms with van der Waals surface area (Å²) in [5.74, 6) is 0.458. The number of aromatic nitrogens is 5. The lowest BCUT2D eigenvalue weighted by atomic mass is 9.95. The molecule has 0 aliphatic carbocycles. The number of hydrogen-bond donors (Lipinski definition) is 2. The van der Waals surface area contributed by atoms with Crippen molar-refractivity contribution in [2.24, 2.45) is 7.05 Å². The minimum absolute atomic E-state index is 0.0588. The Bertz CT molecular complexity index is 1680. The van der Waals surface area contributed by atoms with Gasteiger partial charge in [-0.3, -0.25) is 4.79 Å². The van der Waals surface area contributed by atoms with Gasteiger partial charge in [0.15, 0.2) is 5.82 Å². The molecule has 0 saturated carbocycles. The fourth-order valence-corrected chi connectivity index (χ4v) is 4.55. The number of aryl methyl sites for hydroxylation is 1. The maximum atomic E-state index is 13.2. The van der Waals surface area contributed by atoms with Crippen LogP contribution in [0.15, 0.2) is 73.8 Å². The van der Waals surface area contributed by atoms with E-state index in [1.807, 2.05) is 54.1 Å². The van der Waals surface area contributed by atoms with Gasteiger partial charge in [0.1, 0.15) is 23.5 Å². The quantitative estimate of drug-likeness (QED) is 0.329. The standard InChI is InChI=1S/C27H20FN7O2/c1-3-21(36)34-18-6-4-15(5-7-18)24-22-20-9-8-19(37-27-30-12-17(28)13-31-27)10-16(20)11-29-25-23(22)26(35(24)2)33-14-32-25/h3-10,12-14H,1,11H2,2H3,(H,34,36)(H,29,32,33). The second kappa shape index (κ2) is 8.83. The molecule has 6 rings (SSSR count). The first-order chi connectivity index (χ1) is 18.0. The number of hydrogen-bond acceptors (Lipinski definition) is 7. The van der Waals surface area contributed by atoms with Crippen LogP contribution >= 0.6 is 0 Å². The molecule has 1 aliphatic rings. The van der Waals surface area contributed by atoms with Gasteiger partial charge < -0.3 is 19.9 Å². The predicted molar refractivity (Wildman–Crippen MR) is 138 cm³/mol. The molecule has 0 saturated heterocycles. The molecular weight excluding hydrogens is 473 g/mol. The predicted octanol–water partition coefficient (Wildman–Crippen LogP) is 5.07. The van der Waals surface area contributed by atoms with Crippen molar-refractivity contribution in [3.05, 3.63) is 85.2 Å². The van der Waals surface area contributed by atoms with Gasteiger partial charge in [-0.05, 0) is 47.0 Å². The van der Waals surface area contributed by atoms with E-state index in [4.69, 9.17) is 4.74 Å². The minimum Gasteiger partial charge on any atom is -0.424 e. The summed E-state index contributed by atoms with van der Waals surface area (Å²) in [6, 6.07) is 13.4. The van der Waals surface area contributed by atoms with Crippen LogP contribution in [0.2, 0.25) is 0 Å². The van der Waals surface area contributed by atoms with E-state index in [0.29, 0.717) is 18.0 Å². The summed E-state index contributed by atoms with van der Waals surface area (Å²) in [6.45, 7) is 4.00. The van der Waals surface area contributed by atoms with Gasteiger partial charge in [-0.1, -0.05) is 24.8 Å². The zero-order valence-electron chi connectivity index (χ0n) is 19.7. The van der Waals surface area contributed by atoms with E-state index >= 15 is 0 Å². The maximum absolute atomic E-state index is 13.2. The number of nitrogens with zero attached hydrogens (tertiary/aromatic N) is 5. The lowest BCUT2D eigenvalue weighted by Gasteiger charge is -2.13. The average Bonchev–Trinajstić information content (AvgIpc) is 3.11. The molecule has 4 heterocycles. The fourth-order valence-electron chi connectivity index (χ4n) is 4.55. The first-order valence-corrected chi connectivity index (χ1v) is 11.4. The van der Waals surface area contributed by atoms with Crippen molar-refractivity contribution >= 4 is 28.4 Å². The number of anilines is 2. The Morgan fingerprint density at radius 2 is 1.92 bits per heavy atom. The van der Waals surface area contributed by atoms with Gasteiger partial charge in [0, 0.05) is 24.8 Å². The second-order valence-corrected chi connectivity index (χ2v) is 8.43. The summed E-state index contributed by atoms with van der Waals surface area (Å²) in [5, 5.41) is 7.10. The highest BCUT2D eigenvalue weighted by atomic mass is 19.1. The fraction of sp³-hybridized carbons (Fsp3) is 0.0741. The number of carbonyl (C=O) groups is 1. The summed E-state index contributed by atoms with van der Waals surface area (Å²) >= 11 is 0. The first kappa shape index (κ1) is 22.4. The first-order valence-electron chi connectivity index (χ1n) is 11.4. The zero-order chi connectivity index (χ0) is 25.5. The largest absolute Gasteiger partial charge is 0.424 e. The number of carbonyl (C=O) groups excluding carboxylic acids is 1. The van der Waals surface area contributed by atoms with Crippen molar-refractivity contribution in [1.29, 1.82) is 0 Å². The number of ether oxygens (including phenoxy) is 1. The molecule has 0 atom stereocenters. The van der Waals surface area contributed by atoms with Crippen LogP contribution in [0.5, 0.6) is 11.8 Å². The topological polar surface area (TPSA) is 107 Å². The van der Waals surface area contributed by atoms with E-state index in [2.05, 4.69) is 37.1 Å². The zero-order valence-corrected chi connectivity index (χ0v) is 19.7. The SMILES string of the molecule is C=CC(=O)Nc1ccc(-c2c3c4c(ncnc4n2C)NCc2cc(Oc4ncc(F)cn4)ccc2-3)cc1. The van der Waals surface area contributed by atoms with Crippen molar-refractivity contribution in [3.63, 3.8) is 0 Å². The van der Waals surface area contributed by atoms with Crippen molar-refractivity contribution < 1.29 is 13.9 Å². The Hall–Kier alpha value is -5.12. The lowest BCUT2D eigenvalue weighted by Crippen LogP contribution is -2.07. The highest BCUT2D eigenvalue weighted by molar-refractivity contribution is 6.09. The summed E-state index contributed by atoms with van der Waals surface area (Å²) in [4.78, 5) is 28.5. The summed E-state index contributed by atoms with van der Waals surface area (Å²) in [7, 11) is 1.97. The molecule has 0 radical (unpaired) electrons. The molecule has 10 heteroatoms. The van der Waals surface area contributed by atoms with E-state index in [9.17, 15) is 9.18 Å². The second-order valence-electron chi connectivity index (χ2n) is 8.43. The molecule has 0 bridgehead atoms. The number of fused-ring (bicyclic) bond motifs is 2. The molecule has 2 aromatic carbocycles. The van der Waals surface area contributed by atoms with Crippen LogP contribution in [0.4, 0.5) is 15.9 Å². The normalized spacial score (nSPS) is 11.8. The number of halogens is 1. The average molecular weight is 494 g/mol. The Morgan fingerprint density at radius 3 is 2.68 bits per heavy atom. The van der Waals surface area contributed by atoms with Crippen LogP contribution in [0.3, 0.4) is 0 Å². The van der Waals surface area contributed by atoms with Gasteiger partial charge in [-0.25, -0.2) is 24.3 Å². The summed E-state index contributed by atoms with van der Waals surface area (Å²) in [6.07, 6.45) is 4.89. The number of amides is 1. The number of nitrogens with one attached hydrogen (secondary N) is 2. The van der Waals surface area contributed by atoms with E-state index in [0.717, 1.165) is 57.2 Å². The van der Waals surface area contributed by atoms with Crippen molar-refractivity contribution in [2.45, 2.75) is 6.54 Å². The van der Waals surface area contributed by atoms with E-state index in [1.165, 1.54) is 6.08 Å². The van der Waals surface area contributed by atoms with Crippen molar-refractivity contribution in [1.82, 2.24) is 24.5 Å². The van der Waals surface area contributed by atoms with Gasteiger partial charge in [-0.15, -0.1) is 0 Å². The third kappa shape index (κ3) is 3.94. The molecule has 3 aromatic heterocycles. The molecule has 37 heavy (non-hydrogen) atoms. The molecular formula is C27H20FN7O2. The number of rotatable bonds is 5. The van der Waals surface area contributed by atoms with Crippen LogP contribution in [0.1, 0.15) is 5.56 Å². The Labute approximate surface area is 210 Å². The Morgan fingerprint density at radius 1 is 1.14 bits per heavy atom. The van der Waals surface area contributed by atoms with Gasteiger partial charge >= 0.3 is 6.01 Å². The third-order valence-electron chi connectivity index (χ3n) is 6.18. The van der Waals surface area contributed by atoms with E-state index in [-0.39, 0.29) is 11.9 Å². The molecule has 1 amide bonds. The minimum atomic E-state index is -0.533. The van der Waals surface area contributed by atoms with Crippen LogP contribution < -0.4 is 15.4 Å². The molecule has 0 unspecified atom stereocenters. The summed E-state index contributed by atoms with van der Waals surface area (Å²) in [5.41, 5.74) is 6.33. The van der Waals surface area contributed by atoms with Crippen LogP contribution in [0, 0.1) is 5.82 Å². The van der Waals surface area contributed by atoms with E-state index in [1.54, 1.807) is 6.33 Å². The molecule has 0 fully saturated rings. The van der Waals surface area contributed by atoms with Gasteiger partial charge in [-0.2, -0.15) is 0 Å². The Balaban J connectivity index is 1.48. The van der Waals surface area contributed by atoms with Gasteiger partial charge in [0.2, 0.25) is 5.91 Å². The molecule has 1 aliphatic heterocycles. The van der Waals surface area contributed by atoms with Crippen LogP contribution in [0.25, 0.3) is 33.4 Å². The molecule has 9 nitrogen and oxygen atoms in total. The van der Waals surface area contributed by atoms with Gasteiger partial charge in [0.05, 0.1) is 23.5 Å². The molecule has 5 aromatic rings. The molecule has 0 spiro atoms. The van der Waals surface area contributed by atoms with Crippen molar-refractivity contribution in [3.8, 4) is 34.1 Å². The molecule has 2 N–H and O–H groups in total. The molecule has 182 valence electrons. The van der Waals surface area contributed by atoms with Crippen LogP contribution in [-0.2, 0) is 18.4 Å². The smallest absolute Gasteiger partial charge is 0.322 e. The monoisotopic (exact) mass is 493 g/mol. The van der Waals surface area contributed by atoms with Gasteiger partial charge in [0.25, 0.3) is 0 Å². The van der Waals surface area contributed by atoms with E-state index < -0.39 is 5.82 Å². The Kier molecular flexibility index (Phi) is 5.33. The number of benzene rings is 2. The maximum Gasteiger partial charge on any atom is 0.322 e. The lowest BCUT2D eigenvalue weighted by molar-refractivity contribution is -0.111. The summed E-state index contributed by atoms with van der Waals surface area (Å²) < 4.78 is 21.0. The highest BCUT2D eigenvalue weighted by Crippen LogP contribution is 2.46. The van der Waals surface area contributed by atoms with Crippen molar-refractivity contribution in [2.75, 3.05) is 10.6 Å². The van der Waals surface area contributed by atoms with Crippen LogP contribution in [-0.4, -0.2) is 30.4 Å². The third-order valence-corrected chi connectivity index (χ3v) is 6.18.